The Hall–Kier alpha value is -3.66. The first-order valence-electron chi connectivity index (χ1n) is 10.1. The molecule has 0 saturated carbocycles. The summed E-state index contributed by atoms with van der Waals surface area (Å²) in [6.07, 6.45) is 7.61. The fraction of sp³-hybridized carbons (Fsp3) is 0.273. The van der Waals surface area contributed by atoms with Gasteiger partial charge in [0.1, 0.15) is 11.1 Å². The predicted molar refractivity (Wildman–Crippen MR) is 121 cm³/mol. The van der Waals surface area contributed by atoms with Crippen molar-refractivity contribution in [1.29, 1.82) is 0 Å². The number of amides is 2. The van der Waals surface area contributed by atoms with Crippen LogP contribution in [0.5, 0.6) is 0 Å². The summed E-state index contributed by atoms with van der Waals surface area (Å²) in [5, 5.41) is 9.90. The molecule has 1 atom stereocenters. The van der Waals surface area contributed by atoms with E-state index < -0.39 is 6.09 Å². The van der Waals surface area contributed by atoms with E-state index in [1.807, 2.05) is 13.0 Å². The molecule has 3 aromatic heterocycles. The summed E-state index contributed by atoms with van der Waals surface area (Å²) in [4.78, 5) is 29.4. The van der Waals surface area contributed by atoms with Crippen molar-refractivity contribution >= 4 is 40.1 Å². The molecule has 4 N–H and O–H groups in total. The average Bonchev–Trinajstić information content (AvgIpc) is 3.34. The molecule has 0 radical (unpaired) electrons. The minimum absolute atomic E-state index is 0.215. The van der Waals surface area contributed by atoms with Crippen molar-refractivity contribution in [1.82, 2.24) is 15.5 Å². The molecule has 0 spiro atoms. The Labute approximate surface area is 188 Å². The number of aromatic nitrogens is 2. The summed E-state index contributed by atoms with van der Waals surface area (Å²) in [6.45, 7) is 2.03. The maximum absolute atomic E-state index is 12.3. The number of carbonyl (C=O) groups is 2. The van der Waals surface area contributed by atoms with E-state index in [9.17, 15) is 9.59 Å². The van der Waals surface area contributed by atoms with Gasteiger partial charge in [-0.05, 0) is 43.0 Å². The number of hydrogen-bond donors (Lipinski definition) is 3. The van der Waals surface area contributed by atoms with Gasteiger partial charge in [-0.2, -0.15) is 0 Å². The summed E-state index contributed by atoms with van der Waals surface area (Å²) in [5.74, 6) is 0.295. The van der Waals surface area contributed by atoms with Crippen molar-refractivity contribution in [2.24, 2.45) is 0 Å². The summed E-state index contributed by atoms with van der Waals surface area (Å²) >= 11 is 1.42. The molecule has 1 unspecified atom stereocenters. The van der Waals surface area contributed by atoms with E-state index >= 15 is 0 Å². The van der Waals surface area contributed by atoms with Crippen LogP contribution in [0.4, 0.5) is 15.5 Å². The molecule has 32 heavy (non-hydrogen) atoms. The number of pyridine rings is 1. The van der Waals surface area contributed by atoms with Crippen LogP contribution in [0.25, 0.3) is 6.08 Å². The molecule has 0 bridgehead atoms. The Morgan fingerprint density at radius 1 is 1.44 bits per heavy atom. The van der Waals surface area contributed by atoms with Crippen molar-refractivity contribution in [3.8, 4) is 0 Å². The van der Waals surface area contributed by atoms with E-state index in [1.165, 1.54) is 17.4 Å². The molecule has 0 saturated heterocycles. The second kappa shape index (κ2) is 9.65. The van der Waals surface area contributed by atoms with Crippen LogP contribution in [0.15, 0.2) is 41.2 Å². The Morgan fingerprint density at radius 3 is 3.06 bits per heavy atom. The Bertz CT molecular complexity index is 1140. The molecule has 0 fully saturated rings. The fourth-order valence-electron chi connectivity index (χ4n) is 3.43. The van der Waals surface area contributed by atoms with Crippen LogP contribution in [0.2, 0.25) is 0 Å². The maximum atomic E-state index is 12.3. The molecule has 1 aliphatic rings. The number of hydrogen-bond acceptors (Lipinski definition) is 8. The first-order valence-corrected chi connectivity index (χ1v) is 11.0. The lowest BCUT2D eigenvalue weighted by molar-refractivity contribution is -0.111. The minimum Gasteiger partial charge on any atom is -0.446 e. The zero-order chi connectivity index (χ0) is 22.5. The number of anilines is 2. The number of aryl methyl sites for hydroxylation is 1. The number of nitrogen functional groups attached to an aromatic ring is 1. The second-order valence-corrected chi connectivity index (χ2v) is 8.52. The van der Waals surface area contributed by atoms with Gasteiger partial charge in [0, 0.05) is 35.8 Å². The number of thiophene rings is 1. The maximum Gasteiger partial charge on any atom is 0.407 e. The molecule has 166 valence electrons. The number of rotatable bonds is 6. The fourth-order valence-corrected chi connectivity index (χ4v) is 4.66. The third-order valence-electron chi connectivity index (χ3n) is 4.97. The van der Waals surface area contributed by atoms with Gasteiger partial charge in [0.2, 0.25) is 5.91 Å². The van der Waals surface area contributed by atoms with Crippen molar-refractivity contribution in [2.45, 2.75) is 38.8 Å². The topological polar surface area (TPSA) is 132 Å². The molecular formula is C22H23N5O4S. The molecule has 0 aromatic carbocycles. The first-order chi connectivity index (χ1) is 15.5. The lowest BCUT2D eigenvalue weighted by Crippen LogP contribution is -2.31. The zero-order valence-electron chi connectivity index (χ0n) is 17.5. The summed E-state index contributed by atoms with van der Waals surface area (Å²) in [5.41, 5.74) is 9.44. The van der Waals surface area contributed by atoms with Gasteiger partial charge in [-0.3, -0.25) is 9.78 Å². The molecular weight excluding hydrogens is 430 g/mol. The van der Waals surface area contributed by atoms with Crippen molar-refractivity contribution < 1.29 is 18.8 Å². The molecule has 10 heteroatoms. The van der Waals surface area contributed by atoms with Gasteiger partial charge in [-0.25, -0.2) is 4.79 Å². The molecule has 3 aromatic rings. The molecule has 9 nitrogen and oxygen atoms in total. The van der Waals surface area contributed by atoms with Crippen LogP contribution in [0.3, 0.4) is 0 Å². The highest BCUT2D eigenvalue weighted by molar-refractivity contribution is 7.17. The van der Waals surface area contributed by atoms with E-state index in [-0.39, 0.29) is 18.6 Å². The van der Waals surface area contributed by atoms with E-state index in [1.54, 1.807) is 30.6 Å². The Kier molecular flexibility index (Phi) is 6.50. The number of ether oxygens (including phenoxy) is 1. The highest BCUT2D eigenvalue weighted by Gasteiger charge is 2.27. The van der Waals surface area contributed by atoms with Gasteiger partial charge in [-0.1, -0.05) is 11.2 Å². The third kappa shape index (κ3) is 5.33. The highest BCUT2D eigenvalue weighted by atomic mass is 32.1. The van der Waals surface area contributed by atoms with Gasteiger partial charge in [0.15, 0.2) is 5.76 Å². The third-order valence-corrected chi connectivity index (χ3v) is 6.15. The van der Waals surface area contributed by atoms with Crippen molar-refractivity contribution in [3.63, 3.8) is 0 Å². The van der Waals surface area contributed by atoms with Crippen molar-refractivity contribution in [3.05, 3.63) is 64.1 Å². The monoisotopic (exact) mass is 453 g/mol. The highest BCUT2D eigenvalue weighted by Crippen LogP contribution is 2.40. The SMILES string of the molecule is Cc1cc(CNC(=O)OC2CCc3c(sc(NC(=O)/C=C/c4cccnc4)c3N)C2)on1. The van der Waals surface area contributed by atoms with Crippen LogP contribution in [-0.4, -0.2) is 28.2 Å². The van der Waals surface area contributed by atoms with Crippen LogP contribution in [-0.2, 0) is 28.9 Å². The van der Waals surface area contributed by atoms with Gasteiger partial charge < -0.3 is 25.6 Å². The molecule has 3 heterocycles. The lowest BCUT2D eigenvalue weighted by atomic mass is 9.95. The number of nitrogens with one attached hydrogen (secondary N) is 2. The molecule has 2 amide bonds. The van der Waals surface area contributed by atoms with Crippen LogP contribution >= 0.6 is 11.3 Å². The smallest absolute Gasteiger partial charge is 0.407 e. The van der Waals surface area contributed by atoms with Crippen LogP contribution in [0.1, 0.15) is 33.9 Å². The van der Waals surface area contributed by atoms with Crippen LogP contribution in [0, 0.1) is 6.92 Å². The molecule has 1 aliphatic carbocycles. The predicted octanol–water partition coefficient (Wildman–Crippen LogP) is 3.46. The van der Waals surface area contributed by atoms with E-state index in [2.05, 4.69) is 20.8 Å². The number of carbonyl (C=O) groups excluding carboxylic acids is 2. The van der Waals surface area contributed by atoms with E-state index in [0.29, 0.717) is 35.7 Å². The standard InChI is InChI=1S/C22H23N5O4S/c1-13-9-16(31-27-13)12-25-22(29)30-15-5-6-17-18(10-15)32-21(20(17)23)26-19(28)7-4-14-3-2-8-24-11-14/h2-4,7-9,11,15H,5-6,10,12,23H2,1H3,(H,25,29)(H,26,28)/b7-4+. The quantitative estimate of drug-likeness (QED) is 0.487. The van der Waals surface area contributed by atoms with E-state index in [4.69, 9.17) is 15.0 Å². The number of nitrogens with zero attached hydrogens (tertiary/aromatic N) is 2. The molecule has 0 aliphatic heterocycles. The summed E-state index contributed by atoms with van der Waals surface area (Å²) in [7, 11) is 0. The lowest BCUT2D eigenvalue weighted by Gasteiger charge is -2.22. The number of alkyl carbamates (subject to hydrolysis) is 1. The second-order valence-electron chi connectivity index (χ2n) is 7.41. The number of nitrogens with two attached hydrogens (primary N) is 1. The van der Waals surface area contributed by atoms with Gasteiger partial charge in [0.25, 0.3) is 0 Å². The Morgan fingerprint density at radius 2 is 2.31 bits per heavy atom. The van der Waals surface area contributed by atoms with Crippen molar-refractivity contribution in [2.75, 3.05) is 11.1 Å². The largest absolute Gasteiger partial charge is 0.446 e. The first kappa shape index (κ1) is 21.6. The normalized spacial score (nSPS) is 15.3. The van der Waals surface area contributed by atoms with Gasteiger partial charge in [-0.15, -0.1) is 11.3 Å². The minimum atomic E-state index is -0.508. The van der Waals surface area contributed by atoms with Crippen LogP contribution < -0.4 is 16.4 Å². The summed E-state index contributed by atoms with van der Waals surface area (Å²) in [6, 6.07) is 5.41. The Balaban J connectivity index is 1.32. The zero-order valence-corrected chi connectivity index (χ0v) is 18.3. The van der Waals surface area contributed by atoms with Gasteiger partial charge in [0.05, 0.1) is 17.9 Å². The van der Waals surface area contributed by atoms with E-state index in [0.717, 1.165) is 21.7 Å². The molecule has 4 rings (SSSR count). The average molecular weight is 454 g/mol. The van der Waals surface area contributed by atoms with Gasteiger partial charge >= 0.3 is 6.09 Å². The number of fused-ring (bicyclic) bond motifs is 1. The summed E-state index contributed by atoms with van der Waals surface area (Å²) < 4.78 is 10.6.